The third-order valence-corrected chi connectivity index (χ3v) is 7.26. The molecule has 0 saturated heterocycles. The maximum absolute atomic E-state index is 12.7. The Morgan fingerprint density at radius 1 is 0.885 bits per heavy atom. The van der Waals surface area contributed by atoms with Gasteiger partial charge in [0.05, 0.1) is 10.6 Å². The molecule has 0 radical (unpaired) electrons. The second-order valence-corrected chi connectivity index (χ2v) is 9.33. The summed E-state index contributed by atoms with van der Waals surface area (Å²) in [5.74, 6) is 0.142. The fourth-order valence-corrected chi connectivity index (χ4v) is 5.91. The highest BCUT2D eigenvalue weighted by atomic mass is 35.5. The zero-order valence-corrected chi connectivity index (χ0v) is 15.8. The van der Waals surface area contributed by atoms with Crippen LogP contribution in [0.4, 0.5) is 0 Å². The van der Waals surface area contributed by atoms with Crippen molar-refractivity contribution >= 4 is 21.4 Å². The van der Waals surface area contributed by atoms with Crippen molar-refractivity contribution in [2.45, 2.75) is 23.2 Å². The summed E-state index contributed by atoms with van der Waals surface area (Å²) in [7, 11) is -3.26. The third kappa shape index (κ3) is 2.95. The molecule has 3 aromatic carbocycles. The second kappa shape index (κ2) is 6.57. The molecule has 0 N–H and O–H groups in total. The van der Waals surface area contributed by atoms with E-state index in [4.69, 9.17) is 11.6 Å². The quantitative estimate of drug-likeness (QED) is 0.635. The number of rotatable bonds is 3. The minimum Gasteiger partial charge on any atom is -0.224 e. The van der Waals surface area contributed by atoms with Crippen LogP contribution in [0.15, 0.2) is 83.8 Å². The molecular weight excluding hydrogens is 364 g/mol. The van der Waals surface area contributed by atoms with Gasteiger partial charge in [0.2, 0.25) is 0 Å². The Morgan fingerprint density at radius 2 is 1.62 bits per heavy atom. The molecule has 1 atom stereocenters. The zero-order valence-electron chi connectivity index (χ0n) is 14.2. The van der Waals surface area contributed by atoms with Gasteiger partial charge in [-0.2, -0.15) is 0 Å². The highest BCUT2D eigenvalue weighted by molar-refractivity contribution is 7.91. The Bertz CT molecular complexity index is 1040. The molecule has 26 heavy (non-hydrogen) atoms. The lowest BCUT2D eigenvalue weighted by molar-refractivity contribution is 0.463. The maximum Gasteiger partial charge on any atom is 0.178 e. The topological polar surface area (TPSA) is 34.1 Å². The summed E-state index contributed by atoms with van der Waals surface area (Å²) in [5, 5.41) is 0.667. The van der Waals surface area contributed by atoms with Crippen LogP contribution in [0.2, 0.25) is 5.02 Å². The van der Waals surface area contributed by atoms with Crippen molar-refractivity contribution in [3.8, 4) is 0 Å². The summed E-state index contributed by atoms with van der Waals surface area (Å²) in [6, 6.07) is 25.5. The smallest absolute Gasteiger partial charge is 0.178 e. The number of benzene rings is 3. The fourth-order valence-electron chi connectivity index (χ4n) is 4.00. The van der Waals surface area contributed by atoms with Gasteiger partial charge in [-0.25, -0.2) is 8.42 Å². The van der Waals surface area contributed by atoms with Gasteiger partial charge in [0.15, 0.2) is 9.84 Å². The first-order chi connectivity index (χ1) is 12.5. The van der Waals surface area contributed by atoms with Gasteiger partial charge in [0.25, 0.3) is 0 Å². The molecular formula is C22H19ClO2S. The van der Waals surface area contributed by atoms with Gasteiger partial charge >= 0.3 is 0 Å². The summed E-state index contributed by atoms with van der Waals surface area (Å²) < 4.78 is 25.4. The molecule has 4 heteroatoms. The molecule has 2 nitrogen and oxygen atoms in total. The van der Waals surface area contributed by atoms with Gasteiger partial charge < -0.3 is 0 Å². The first-order valence-electron chi connectivity index (χ1n) is 8.64. The van der Waals surface area contributed by atoms with E-state index in [1.54, 1.807) is 12.1 Å². The lowest BCUT2D eigenvalue weighted by Gasteiger charge is -2.40. The van der Waals surface area contributed by atoms with Crippen LogP contribution in [-0.4, -0.2) is 14.2 Å². The standard InChI is InChI=1S/C22H19ClO2S/c23-19-10-6-9-18(15-19)22(16-17-7-2-1-3-8-17)13-14-26(24,25)21-12-5-4-11-20(21)22/h1-12,15H,13-14,16H2. The molecule has 1 aliphatic rings. The highest BCUT2D eigenvalue weighted by Crippen LogP contribution is 2.46. The monoisotopic (exact) mass is 382 g/mol. The molecule has 0 amide bonds. The summed E-state index contributed by atoms with van der Waals surface area (Å²) >= 11 is 6.29. The van der Waals surface area contributed by atoms with E-state index >= 15 is 0 Å². The molecule has 0 aromatic heterocycles. The highest BCUT2D eigenvalue weighted by Gasteiger charge is 2.43. The molecule has 0 fully saturated rings. The molecule has 0 saturated carbocycles. The summed E-state index contributed by atoms with van der Waals surface area (Å²) in [6.07, 6.45) is 1.28. The van der Waals surface area contributed by atoms with E-state index in [2.05, 4.69) is 18.2 Å². The van der Waals surface area contributed by atoms with E-state index in [1.807, 2.05) is 48.5 Å². The van der Waals surface area contributed by atoms with Crippen molar-refractivity contribution in [3.63, 3.8) is 0 Å². The van der Waals surface area contributed by atoms with E-state index in [0.29, 0.717) is 16.3 Å². The van der Waals surface area contributed by atoms with Crippen LogP contribution >= 0.6 is 11.6 Å². The van der Waals surface area contributed by atoms with Crippen LogP contribution in [0.25, 0.3) is 0 Å². The molecule has 3 aromatic rings. The molecule has 1 heterocycles. The van der Waals surface area contributed by atoms with Crippen molar-refractivity contribution in [2.24, 2.45) is 0 Å². The minimum absolute atomic E-state index is 0.142. The second-order valence-electron chi connectivity index (χ2n) is 6.82. The van der Waals surface area contributed by atoms with Crippen molar-refractivity contribution in [1.82, 2.24) is 0 Å². The zero-order chi connectivity index (χ0) is 18.2. The molecule has 0 bridgehead atoms. The minimum atomic E-state index is -3.26. The van der Waals surface area contributed by atoms with Crippen LogP contribution in [0, 0.1) is 0 Å². The Hall–Kier alpha value is -2.10. The molecule has 0 spiro atoms. The maximum atomic E-state index is 12.7. The predicted octanol–water partition coefficient (Wildman–Crippen LogP) is 5.05. The average Bonchev–Trinajstić information content (AvgIpc) is 2.65. The van der Waals surface area contributed by atoms with Gasteiger partial charge in [-0.1, -0.05) is 72.3 Å². The number of halogens is 1. The van der Waals surface area contributed by atoms with Crippen LogP contribution in [0.1, 0.15) is 23.1 Å². The van der Waals surface area contributed by atoms with Crippen LogP contribution < -0.4 is 0 Å². The normalized spacial score (nSPS) is 21.1. The Kier molecular flexibility index (Phi) is 4.37. The van der Waals surface area contributed by atoms with Crippen molar-refractivity contribution in [3.05, 3.63) is 101 Å². The molecule has 4 rings (SSSR count). The lowest BCUT2D eigenvalue weighted by atomic mass is 9.68. The predicted molar refractivity (Wildman–Crippen MR) is 105 cm³/mol. The van der Waals surface area contributed by atoms with Gasteiger partial charge in [0, 0.05) is 10.4 Å². The summed E-state index contributed by atoms with van der Waals surface area (Å²) in [5.41, 5.74) is 2.71. The largest absolute Gasteiger partial charge is 0.224 e. The third-order valence-electron chi connectivity index (χ3n) is 5.26. The number of hydrogen-bond donors (Lipinski definition) is 0. The van der Waals surface area contributed by atoms with E-state index in [1.165, 1.54) is 5.56 Å². The summed E-state index contributed by atoms with van der Waals surface area (Å²) in [6.45, 7) is 0. The Balaban J connectivity index is 1.98. The molecule has 1 aliphatic heterocycles. The van der Waals surface area contributed by atoms with Gasteiger partial charge in [-0.15, -0.1) is 0 Å². The average molecular weight is 383 g/mol. The number of fused-ring (bicyclic) bond motifs is 1. The summed E-state index contributed by atoms with van der Waals surface area (Å²) in [4.78, 5) is 0.446. The van der Waals surface area contributed by atoms with Gasteiger partial charge in [-0.05, 0) is 47.7 Å². The Labute approximate surface area is 159 Å². The van der Waals surface area contributed by atoms with Crippen LogP contribution in [0.5, 0.6) is 0 Å². The van der Waals surface area contributed by atoms with E-state index in [-0.39, 0.29) is 5.75 Å². The van der Waals surface area contributed by atoms with Crippen LogP contribution in [-0.2, 0) is 21.7 Å². The van der Waals surface area contributed by atoms with E-state index in [9.17, 15) is 8.42 Å². The molecule has 0 aliphatic carbocycles. The fraction of sp³-hybridized carbons (Fsp3) is 0.182. The first-order valence-corrected chi connectivity index (χ1v) is 10.7. The van der Waals surface area contributed by atoms with Crippen molar-refractivity contribution < 1.29 is 8.42 Å². The van der Waals surface area contributed by atoms with Crippen molar-refractivity contribution in [1.29, 1.82) is 0 Å². The SMILES string of the molecule is O=S1(=O)CCC(Cc2ccccc2)(c2cccc(Cl)c2)c2ccccc21. The lowest BCUT2D eigenvalue weighted by Crippen LogP contribution is -2.38. The molecule has 132 valence electrons. The first kappa shape index (κ1) is 17.3. The van der Waals surface area contributed by atoms with E-state index in [0.717, 1.165) is 17.5 Å². The number of sulfone groups is 1. The Morgan fingerprint density at radius 3 is 2.38 bits per heavy atom. The van der Waals surface area contributed by atoms with Crippen molar-refractivity contribution in [2.75, 3.05) is 5.75 Å². The van der Waals surface area contributed by atoms with Gasteiger partial charge in [0.1, 0.15) is 0 Å². The molecule has 1 unspecified atom stereocenters. The van der Waals surface area contributed by atoms with E-state index < -0.39 is 15.3 Å². The van der Waals surface area contributed by atoms with Gasteiger partial charge in [-0.3, -0.25) is 0 Å². The number of hydrogen-bond acceptors (Lipinski definition) is 2. The van der Waals surface area contributed by atoms with Crippen LogP contribution in [0.3, 0.4) is 0 Å².